The van der Waals surface area contributed by atoms with E-state index in [0.717, 1.165) is 28.6 Å². The topological polar surface area (TPSA) is 32.0 Å². The molecule has 6 heteroatoms. The fourth-order valence-corrected chi connectivity index (χ4v) is 8.77. The van der Waals surface area contributed by atoms with Crippen LogP contribution in [0, 0.1) is 6.92 Å². The lowest BCUT2D eigenvalue weighted by molar-refractivity contribution is -0.401. The van der Waals surface area contributed by atoms with Gasteiger partial charge in [-0.15, -0.1) is 10.2 Å². The van der Waals surface area contributed by atoms with E-state index in [1.165, 1.54) is 50.0 Å². The number of nitrogens with zero attached hydrogens (tertiary/aromatic N) is 4. The zero-order valence-electron chi connectivity index (χ0n) is 25.2. The minimum absolute atomic E-state index is 0.0442. The van der Waals surface area contributed by atoms with Crippen LogP contribution in [0.5, 0.6) is 0 Å². The van der Waals surface area contributed by atoms with Gasteiger partial charge in [-0.1, -0.05) is 85.5 Å². The van der Waals surface area contributed by atoms with E-state index in [2.05, 4.69) is 134 Å². The first kappa shape index (κ1) is 27.9. The number of para-hydroxylation sites is 2. The number of hydrogen-bond acceptors (Lipinski definition) is 5. The van der Waals surface area contributed by atoms with Crippen molar-refractivity contribution in [3.63, 3.8) is 0 Å². The standard InChI is InChI=1S/C35H39N4S2/c1-23-36-37-33(40-23)41-32-24(19-21-30-34(2,3)26-15-8-10-17-28(26)38(30)6)13-12-14-25(32)20-22-31-35(4,5)27-16-9-11-18-29(27)39(31)7/h8-11,15-22H,12-14H2,1-7H3/q+1. The van der Waals surface area contributed by atoms with Crippen LogP contribution in [0.2, 0.25) is 0 Å². The van der Waals surface area contributed by atoms with Crippen LogP contribution in [-0.4, -0.2) is 34.6 Å². The number of rotatable bonds is 5. The van der Waals surface area contributed by atoms with Gasteiger partial charge < -0.3 is 4.90 Å². The predicted octanol–water partition coefficient (Wildman–Crippen LogP) is 8.88. The summed E-state index contributed by atoms with van der Waals surface area (Å²) in [5.41, 5.74) is 10.7. The molecule has 210 valence electrons. The van der Waals surface area contributed by atoms with Gasteiger partial charge in [-0.05, 0) is 68.9 Å². The van der Waals surface area contributed by atoms with Crippen molar-refractivity contribution in [3.8, 4) is 0 Å². The zero-order valence-corrected chi connectivity index (χ0v) is 26.8. The van der Waals surface area contributed by atoms with E-state index >= 15 is 0 Å². The van der Waals surface area contributed by atoms with Crippen molar-refractivity contribution < 1.29 is 4.58 Å². The van der Waals surface area contributed by atoms with Crippen molar-refractivity contribution in [1.82, 2.24) is 10.2 Å². The molecule has 0 N–H and O–H groups in total. The van der Waals surface area contributed by atoms with Crippen LogP contribution in [0.3, 0.4) is 0 Å². The highest BCUT2D eigenvalue weighted by molar-refractivity contribution is 8.04. The van der Waals surface area contributed by atoms with Crippen LogP contribution in [0.1, 0.15) is 63.1 Å². The average Bonchev–Trinajstić information content (AvgIpc) is 3.52. The van der Waals surface area contributed by atoms with Crippen LogP contribution in [-0.2, 0) is 10.8 Å². The zero-order chi connectivity index (χ0) is 28.9. The molecule has 0 radical (unpaired) electrons. The molecule has 0 fully saturated rings. The van der Waals surface area contributed by atoms with Gasteiger partial charge in [0, 0.05) is 46.5 Å². The molecule has 6 rings (SSSR count). The molecule has 0 saturated heterocycles. The van der Waals surface area contributed by atoms with Gasteiger partial charge in [0.1, 0.15) is 12.1 Å². The van der Waals surface area contributed by atoms with Gasteiger partial charge in [-0.2, -0.15) is 4.58 Å². The molecule has 0 unspecified atom stereocenters. The van der Waals surface area contributed by atoms with Gasteiger partial charge >= 0.3 is 0 Å². The molecule has 0 saturated carbocycles. The number of benzene rings is 2. The van der Waals surface area contributed by atoms with Gasteiger partial charge in [0.15, 0.2) is 10.1 Å². The van der Waals surface area contributed by atoms with Gasteiger partial charge in [-0.25, -0.2) is 0 Å². The largest absolute Gasteiger partial charge is 0.347 e. The van der Waals surface area contributed by atoms with Crippen LogP contribution >= 0.6 is 23.1 Å². The minimum Gasteiger partial charge on any atom is -0.347 e. The maximum atomic E-state index is 4.49. The highest BCUT2D eigenvalue weighted by Crippen LogP contribution is 2.48. The summed E-state index contributed by atoms with van der Waals surface area (Å²) >= 11 is 3.46. The van der Waals surface area contributed by atoms with E-state index in [1.807, 2.05) is 6.92 Å². The molecule has 3 aromatic rings. The molecule has 4 nitrogen and oxygen atoms in total. The number of aromatic nitrogens is 2. The second kappa shape index (κ2) is 10.6. The van der Waals surface area contributed by atoms with Gasteiger partial charge in [0.25, 0.3) is 0 Å². The van der Waals surface area contributed by atoms with Gasteiger partial charge in [0.05, 0.1) is 5.41 Å². The Morgan fingerprint density at radius 3 is 2.34 bits per heavy atom. The van der Waals surface area contributed by atoms with Crippen LogP contribution in [0.4, 0.5) is 11.4 Å². The fraction of sp³-hybridized carbons (Fsp3) is 0.343. The molecule has 2 aliphatic heterocycles. The average molecular weight is 580 g/mol. The van der Waals surface area contributed by atoms with Crippen molar-refractivity contribution in [3.05, 3.63) is 111 Å². The summed E-state index contributed by atoms with van der Waals surface area (Å²) in [7, 11) is 4.38. The number of likely N-dealkylation sites (N-methyl/N-ethyl adjacent to an activating group) is 1. The molecule has 3 aliphatic rings. The van der Waals surface area contributed by atoms with Crippen molar-refractivity contribution in [1.29, 1.82) is 0 Å². The smallest absolute Gasteiger partial charge is 0.209 e. The molecule has 0 amide bonds. The molecule has 1 aromatic heterocycles. The quantitative estimate of drug-likeness (QED) is 0.283. The summed E-state index contributed by atoms with van der Waals surface area (Å²) < 4.78 is 3.36. The maximum Gasteiger partial charge on any atom is 0.209 e. The Labute approximate surface area is 252 Å². The van der Waals surface area contributed by atoms with E-state index in [4.69, 9.17) is 0 Å². The highest BCUT2D eigenvalue weighted by atomic mass is 32.2. The van der Waals surface area contributed by atoms with E-state index in [-0.39, 0.29) is 10.8 Å². The summed E-state index contributed by atoms with van der Waals surface area (Å²) in [4.78, 5) is 3.68. The number of anilines is 1. The number of thioether (sulfide) groups is 1. The summed E-state index contributed by atoms with van der Waals surface area (Å²) in [5.74, 6) is 0. The molecule has 0 bridgehead atoms. The van der Waals surface area contributed by atoms with E-state index in [0.29, 0.717) is 0 Å². The maximum absolute atomic E-state index is 4.49. The predicted molar refractivity (Wildman–Crippen MR) is 175 cm³/mol. The Morgan fingerprint density at radius 1 is 0.902 bits per heavy atom. The van der Waals surface area contributed by atoms with E-state index in [9.17, 15) is 0 Å². The second-order valence-corrected chi connectivity index (χ2v) is 14.7. The Bertz CT molecular complexity index is 1680. The molecule has 3 heterocycles. The van der Waals surface area contributed by atoms with Crippen LogP contribution in [0.15, 0.2) is 98.9 Å². The first-order valence-electron chi connectivity index (χ1n) is 14.4. The molecular formula is C35H39N4S2+. The van der Waals surface area contributed by atoms with Gasteiger partial charge in [-0.3, -0.25) is 0 Å². The molecular weight excluding hydrogens is 541 g/mol. The summed E-state index contributed by atoms with van der Waals surface area (Å²) in [6, 6.07) is 17.5. The lowest BCUT2D eigenvalue weighted by Crippen LogP contribution is -2.26. The summed E-state index contributed by atoms with van der Waals surface area (Å²) in [5, 5.41) is 9.80. The van der Waals surface area contributed by atoms with Gasteiger partial charge in [0.2, 0.25) is 5.69 Å². The van der Waals surface area contributed by atoms with Crippen molar-refractivity contribution in [2.45, 2.75) is 69.1 Å². The van der Waals surface area contributed by atoms with E-state index < -0.39 is 0 Å². The highest BCUT2D eigenvalue weighted by Gasteiger charge is 2.42. The molecule has 41 heavy (non-hydrogen) atoms. The molecule has 2 aromatic carbocycles. The monoisotopic (exact) mass is 579 g/mol. The lowest BCUT2D eigenvalue weighted by Gasteiger charge is -2.25. The van der Waals surface area contributed by atoms with Crippen molar-refractivity contribution in [2.75, 3.05) is 19.0 Å². The Morgan fingerprint density at radius 2 is 1.63 bits per heavy atom. The second-order valence-electron chi connectivity index (χ2n) is 12.3. The summed E-state index contributed by atoms with van der Waals surface area (Å²) in [6.07, 6.45) is 12.7. The Kier molecular flexibility index (Phi) is 7.19. The lowest BCUT2D eigenvalue weighted by atomic mass is 9.81. The van der Waals surface area contributed by atoms with Crippen LogP contribution in [0.25, 0.3) is 0 Å². The summed E-state index contributed by atoms with van der Waals surface area (Å²) in [6.45, 7) is 11.4. The first-order valence-corrected chi connectivity index (χ1v) is 16.1. The number of aryl methyl sites for hydroxylation is 1. The number of hydrogen-bond donors (Lipinski definition) is 0. The first-order chi connectivity index (χ1) is 19.6. The Hall–Kier alpha value is -3.22. The van der Waals surface area contributed by atoms with Crippen molar-refractivity contribution >= 4 is 40.2 Å². The van der Waals surface area contributed by atoms with E-state index in [1.54, 1.807) is 23.1 Å². The molecule has 0 atom stereocenters. The third-order valence-electron chi connectivity index (χ3n) is 8.94. The Balaban J connectivity index is 1.41. The SMILES string of the molecule is Cc1nnc(SC2=C(/C=C/C3=[N+](C)c4ccccc4C3(C)C)CCC/C2=C\C=C2\N(C)c3ccccc3C2(C)C)s1. The van der Waals surface area contributed by atoms with Crippen molar-refractivity contribution in [2.24, 2.45) is 0 Å². The normalized spacial score (nSPS) is 21.5. The molecule has 1 aliphatic carbocycles. The number of allylic oxidation sites excluding steroid dienone is 7. The third kappa shape index (κ3) is 4.85. The van der Waals surface area contributed by atoms with Crippen LogP contribution < -0.4 is 4.90 Å². The number of fused-ring (bicyclic) bond motifs is 2. The third-order valence-corrected chi connectivity index (χ3v) is 11.1. The minimum atomic E-state index is -0.0442. The fourth-order valence-electron chi connectivity index (χ4n) is 6.72. The molecule has 0 spiro atoms.